The Hall–Kier alpha value is -2.31. The average Bonchev–Trinajstić information content (AvgIpc) is 2.72. The van der Waals surface area contributed by atoms with Gasteiger partial charge < -0.3 is 20.3 Å². The first-order valence-electron chi connectivity index (χ1n) is 9.65. The van der Waals surface area contributed by atoms with E-state index in [4.69, 9.17) is 16.3 Å². The van der Waals surface area contributed by atoms with E-state index in [0.29, 0.717) is 6.54 Å². The van der Waals surface area contributed by atoms with Gasteiger partial charge in [-0.1, -0.05) is 29.8 Å². The van der Waals surface area contributed by atoms with Crippen LogP contribution in [-0.2, 0) is 17.7 Å². The third-order valence-electron chi connectivity index (χ3n) is 4.70. The maximum Gasteiger partial charge on any atom is 0.191 e. The summed E-state index contributed by atoms with van der Waals surface area (Å²) < 4.78 is 5.62. The molecule has 1 aromatic heterocycles. The van der Waals surface area contributed by atoms with Crippen LogP contribution < -0.4 is 15.5 Å². The molecular formula is C21H28ClN5O. The van der Waals surface area contributed by atoms with Gasteiger partial charge in [0.25, 0.3) is 0 Å². The van der Waals surface area contributed by atoms with Gasteiger partial charge in [0.1, 0.15) is 5.82 Å². The molecule has 1 atom stereocenters. The van der Waals surface area contributed by atoms with Gasteiger partial charge in [-0.15, -0.1) is 0 Å². The summed E-state index contributed by atoms with van der Waals surface area (Å²) in [6, 6.07) is 12.1. The van der Waals surface area contributed by atoms with Crippen molar-refractivity contribution < 1.29 is 4.74 Å². The molecule has 150 valence electrons. The monoisotopic (exact) mass is 401 g/mol. The van der Waals surface area contributed by atoms with Crippen molar-refractivity contribution in [1.29, 1.82) is 0 Å². The number of aromatic nitrogens is 1. The number of halogens is 1. The fourth-order valence-electron chi connectivity index (χ4n) is 3.19. The van der Waals surface area contributed by atoms with Gasteiger partial charge in [-0.2, -0.15) is 0 Å². The molecule has 0 spiro atoms. The summed E-state index contributed by atoms with van der Waals surface area (Å²) in [5.41, 5.74) is 2.30. The number of nitrogens with one attached hydrogen (secondary N) is 2. The number of nitrogens with zero attached hydrogens (tertiary/aromatic N) is 3. The Morgan fingerprint density at radius 1 is 1.32 bits per heavy atom. The van der Waals surface area contributed by atoms with E-state index < -0.39 is 0 Å². The molecule has 1 unspecified atom stereocenters. The zero-order valence-corrected chi connectivity index (χ0v) is 17.2. The summed E-state index contributed by atoms with van der Waals surface area (Å²) in [6.07, 6.45) is 2.94. The first kappa shape index (κ1) is 20.4. The van der Waals surface area contributed by atoms with E-state index in [0.717, 1.165) is 60.6 Å². The number of hydrogen-bond acceptors (Lipinski definition) is 4. The number of morpholine rings is 1. The summed E-state index contributed by atoms with van der Waals surface area (Å²) in [7, 11) is 1.78. The summed E-state index contributed by atoms with van der Waals surface area (Å²) in [5.74, 6) is 1.77. The van der Waals surface area contributed by atoms with Gasteiger partial charge in [-0.25, -0.2) is 4.98 Å². The van der Waals surface area contributed by atoms with E-state index >= 15 is 0 Å². The van der Waals surface area contributed by atoms with Gasteiger partial charge in [0, 0.05) is 44.4 Å². The molecule has 6 nitrogen and oxygen atoms in total. The van der Waals surface area contributed by atoms with Crippen molar-refractivity contribution in [2.75, 3.05) is 38.2 Å². The summed E-state index contributed by atoms with van der Waals surface area (Å²) in [6.45, 7) is 6.02. The fourth-order valence-corrected chi connectivity index (χ4v) is 3.42. The average molecular weight is 402 g/mol. The van der Waals surface area contributed by atoms with E-state index in [1.807, 2.05) is 36.5 Å². The van der Waals surface area contributed by atoms with Gasteiger partial charge in [0.15, 0.2) is 5.96 Å². The maximum absolute atomic E-state index is 6.21. The maximum atomic E-state index is 6.21. The van der Waals surface area contributed by atoms with Crippen molar-refractivity contribution in [3.8, 4) is 0 Å². The van der Waals surface area contributed by atoms with Crippen LogP contribution in [0.25, 0.3) is 0 Å². The molecule has 0 amide bonds. The topological polar surface area (TPSA) is 61.8 Å². The third-order valence-corrected chi connectivity index (χ3v) is 5.07. The van der Waals surface area contributed by atoms with Crippen LogP contribution in [0.3, 0.4) is 0 Å². The second-order valence-electron chi connectivity index (χ2n) is 6.84. The molecule has 28 heavy (non-hydrogen) atoms. The minimum Gasteiger partial charge on any atom is -0.375 e. The number of anilines is 1. The van der Waals surface area contributed by atoms with Gasteiger partial charge in [-0.3, -0.25) is 4.99 Å². The minimum atomic E-state index is 0.235. The van der Waals surface area contributed by atoms with E-state index in [-0.39, 0.29) is 6.10 Å². The van der Waals surface area contributed by atoms with Crippen molar-refractivity contribution >= 4 is 23.4 Å². The van der Waals surface area contributed by atoms with Crippen molar-refractivity contribution in [1.82, 2.24) is 15.6 Å². The van der Waals surface area contributed by atoms with Gasteiger partial charge in [0.2, 0.25) is 0 Å². The molecule has 0 aliphatic carbocycles. The van der Waals surface area contributed by atoms with Crippen LogP contribution in [0.2, 0.25) is 5.02 Å². The Morgan fingerprint density at radius 3 is 2.96 bits per heavy atom. The highest BCUT2D eigenvalue weighted by atomic mass is 35.5. The quantitative estimate of drug-likeness (QED) is 0.575. The molecule has 0 saturated carbocycles. The standard InChI is InChI=1S/C21H28ClN5O/c1-16-15-27(11-12-28-16)20-13-17(7-9-24-20)14-26-21(23-2)25-10-8-18-5-3-4-6-19(18)22/h3-7,9,13,16H,8,10-12,14-15H2,1-2H3,(H2,23,25,26). The molecule has 2 heterocycles. The Kier molecular flexibility index (Phi) is 7.51. The van der Waals surface area contributed by atoms with Crippen LogP contribution in [0.4, 0.5) is 5.82 Å². The van der Waals surface area contributed by atoms with Crippen LogP contribution in [0.1, 0.15) is 18.1 Å². The van der Waals surface area contributed by atoms with Crippen LogP contribution >= 0.6 is 11.6 Å². The first-order valence-corrected chi connectivity index (χ1v) is 10.0. The predicted molar refractivity (Wildman–Crippen MR) is 115 cm³/mol. The van der Waals surface area contributed by atoms with E-state index in [1.54, 1.807) is 7.05 Å². The Labute approximate surface area is 172 Å². The van der Waals surface area contributed by atoms with E-state index in [9.17, 15) is 0 Å². The molecule has 0 bridgehead atoms. The molecule has 2 N–H and O–H groups in total. The lowest BCUT2D eigenvalue weighted by atomic mass is 10.1. The van der Waals surface area contributed by atoms with Crippen molar-refractivity contribution in [2.45, 2.75) is 26.0 Å². The summed E-state index contributed by atoms with van der Waals surface area (Å²) in [5, 5.41) is 7.50. The first-order chi connectivity index (χ1) is 13.7. The highest BCUT2D eigenvalue weighted by molar-refractivity contribution is 6.31. The number of hydrogen-bond donors (Lipinski definition) is 2. The summed E-state index contributed by atoms with van der Waals surface area (Å²) in [4.78, 5) is 11.1. The van der Waals surface area contributed by atoms with Crippen LogP contribution in [0, 0.1) is 0 Å². The lowest BCUT2D eigenvalue weighted by Crippen LogP contribution is -2.41. The normalized spacial score (nSPS) is 17.5. The lowest BCUT2D eigenvalue weighted by Gasteiger charge is -2.32. The molecule has 7 heteroatoms. The van der Waals surface area contributed by atoms with Gasteiger partial charge in [-0.05, 0) is 42.7 Å². The van der Waals surface area contributed by atoms with Crippen LogP contribution in [0.15, 0.2) is 47.6 Å². The fraction of sp³-hybridized carbons (Fsp3) is 0.429. The molecule has 0 radical (unpaired) electrons. The molecule has 2 aromatic rings. The highest BCUT2D eigenvalue weighted by Crippen LogP contribution is 2.17. The van der Waals surface area contributed by atoms with Crippen molar-refractivity contribution in [3.63, 3.8) is 0 Å². The highest BCUT2D eigenvalue weighted by Gasteiger charge is 2.18. The molecule has 1 saturated heterocycles. The summed E-state index contributed by atoms with van der Waals surface area (Å²) >= 11 is 6.21. The SMILES string of the molecule is CN=C(NCCc1ccccc1Cl)NCc1ccnc(N2CCOC(C)C2)c1. The smallest absolute Gasteiger partial charge is 0.191 e. The largest absolute Gasteiger partial charge is 0.375 e. The van der Waals surface area contributed by atoms with Gasteiger partial charge >= 0.3 is 0 Å². The zero-order valence-electron chi connectivity index (χ0n) is 16.5. The molecule has 1 aliphatic rings. The molecule has 1 fully saturated rings. The number of pyridine rings is 1. The van der Waals surface area contributed by atoms with Crippen molar-refractivity contribution in [2.24, 2.45) is 4.99 Å². The molecule has 1 aromatic carbocycles. The number of benzene rings is 1. The Morgan fingerprint density at radius 2 is 2.18 bits per heavy atom. The minimum absolute atomic E-state index is 0.235. The van der Waals surface area contributed by atoms with Crippen LogP contribution in [-0.4, -0.2) is 50.3 Å². The lowest BCUT2D eigenvalue weighted by molar-refractivity contribution is 0.0529. The predicted octanol–water partition coefficient (Wildman–Crippen LogP) is 2.87. The van der Waals surface area contributed by atoms with E-state index in [2.05, 4.69) is 38.5 Å². The number of ether oxygens (including phenoxy) is 1. The number of aliphatic imine (C=N–C) groups is 1. The van der Waals surface area contributed by atoms with Crippen LogP contribution in [0.5, 0.6) is 0 Å². The third kappa shape index (κ3) is 5.84. The molecule has 1 aliphatic heterocycles. The zero-order chi connectivity index (χ0) is 19.8. The second kappa shape index (κ2) is 10.3. The van der Waals surface area contributed by atoms with Crippen molar-refractivity contribution in [3.05, 3.63) is 58.7 Å². The van der Waals surface area contributed by atoms with E-state index in [1.165, 1.54) is 0 Å². The second-order valence-corrected chi connectivity index (χ2v) is 7.25. The number of guanidine groups is 1. The molecule has 3 rings (SSSR count). The van der Waals surface area contributed by atoms with Gasteiger partial charge in [0.05, 0.1) is 12.7 Å². The number of rotatable bonds is 6. The molecular weight excluding hydrogens is 374 g/mol. The Bertz CT molecular complexity index is 798. The Balaban J connectivity index is 1.49.